The lowest BCUT2D eigenvalue weighted by atomic mass is 9.74. The van der Waals surface area contributed by atoms with E-state index in [1.54, 1.807) is 0 Å². The van der Waals surface area contributed by atoms with Gasteiger partial charge in [0.25, 0.3) is 0 Å². The van der Waals surface area contributed by atoms with Gasteiger partial charge in [0.2, 0.25) is 5.91 Å². The molecule has 1 fully saturated rings. The molecule has 0 radical (unpaired) electrons. The molecule has 4 nitrogen and oxygen atoms in total. The molecule has 1 unspecified atom stereocenters. The average Bonchev–Trinajstić information content (AvgIpc) is 3.05. The summed E-state index contributed by atoms with van der Waals surface area (Å²) in [5, 5.41) is 13.0. The Morgan fingerprint density at radius 3 is 2.88 bits per heavy atom. The first-order valence-electron chi connectivity index (χ1n) is 9.37. The molecule has 1 amide bonds. The lowest BCUT2D eigenvalue weighted by molar-refractivity contribution is -0.122. The summed E-state index contributed by atoms with van der Waals surface area (Å²) in [6.45, 7) is 2.76. The Morgan fingerprint density at radius 1 is 1.27 bits per heavy atom. The second kappa shape index (κ2) is 7.12. The maximum Gasteiger partial charge on any atom is 0.224 e. The summed E-state index contributed by atoms with van der Waals surface area (Å²) in [6.07, 6.45) is 2.53. The maximum atomic E-state index is 12.7. The summed E-state index contributed by atoms with van der Waals surface area (Å²) in [5.41, 5.74) is 4.51. The highest BCUT2D eigenvalue weighted by Crippen LogP contribution is 2.39. The highest BCUT2D eigenvalue weighted by molar-refractivity contribution is 5.79. The number of aliphatic hydroxyl groups is 1. The molecule has 0 spiro atoms. The van der Waals surface area contributed by atoms with Crippen LogP contribution in [0.4, 0.5) is 0 Å². The van der Waals surface area contributed by atoms with Crippen molar-refractivity contribution in [2.75, 3.05) is 6.61 Å². The van der Waals surface area contributed by atoms with Gasteiger partial charge in [-0.1, -0.05) is 35.9 Å². The number of hydrogen-bond donors (Lipinski definition) is 2. The van der Waals surface area contributed by atoms with Crippen LogP contribution in [0, 0.1) is 12.8 Å². The summed E-state index contributed by atoms with van der Waals surface area (Å²) >= 11 is 0. The van der Waals surface area contributed by atoms with E-state index in [2.05, 4.69) is 17.4 Å². The third-order valence-electron chi connectivity index (χ3n) is 5.46. The maximum absolute atomic E-state index is 12.7. The molecule has 2 N–H and O–H groups in total. The van der Waals surface area contributed by atoms with Gasteiger partial charge in [-0.2, -0.15) is 0 Å². The second-order valence-corrected chi connectivity index (χ2v) is 7.56. The van der Waals surface area contributed by atoms with Crippen LogP contribution in [0.1, 0.15) is 41.1 Å². The average molecular weight is 351 g/mol. The normalized spacial score (nSPS) is 22.1. The number of aryl methyl sites for hydroxylation is 1. The van der Waals surface area contributed by atoms with E-state index in [0.29, 0.717) is 6.42 Å². The summed E-state index contributed by atoms with van der Waals surface area (Å²) in [7, 11) is 0. The topological polar surface area (TPSA) is 58.6 Å². The monoisotopic (exact) mass is 351 g/mol. The van der Waals surface area contributed by atoms with E-state index in [9.17, 15) is 9.90 Å². The fraction of sp³-hybridized carbons (Fsp3) is 0.409. The molecular weight excluding hydrogens is 326 g/mol. The van der Waals surface area contributed by atoms with Gasteiger partial charge in [-0.15, -0.1) is 0 Å². The first kappa shape index (κ1) is 17.1. The van der Waals surface area contributed by atoms with Gasteiger partial charge in [0, 0.05) is 6.42 Å². The Hall–Kier alpha value is -2.33. The number of ether oxygens (including phenoxy) is 1. The van der Waals surface area contributed by atoms with Crippen LogP contribution < -0.4 is 10.1 Å². The number of rotatable bonds is 5. The van der Waals surface area contributed by atoms with Crippen LogP contribution in [0.25, 0.3) is 0 Å². The number of fused-ring (bicyclic) bond motifs is 1. The van der Waals surface area contributed by atoms with E-state index < -0.39 is 0 Å². The molecule has 1 heterocycles. The third kappa shape index (κ3) is 3.61. The van der Waals surface area contributed by atoms with Gasteiger partial charge in [-0.05, 0) is 54.5 Å². The predicted octanol–water partition coefficient (Wildman–Crippen LogP) is 3.10. The van der Waals surface area contributed by atoms with Gasteiger partial charge < -0.3 is 15.2 Å². The molecule has 4 heteroatoms. The van der Waals surface area contributed by atoms with E-state index in [-0.39, 0.29) is 24.0 Å². The van der Waals surface area contributed by atoms with Crippen LogP contribution >= 0.6 is 0 Å². The number of aliphatic hydroxyl groups excluding tert-OH is 1. The second-order valence-electron chi connectivity index (χ2n) is 7.56. The van der Waals surface area contributed by atoms with Crippen LogP contribution in [-0.2, 0) is 17.6 Å². The van der Waals surface area contributed by atoms with Gasteiger partial charge in [0.1, 0.15) is 5.75 Å². The van der Waals surface area contributed by atoms with Crippen molar-refractivity contribution in [3.8, 4) is 5.75 Å². The minimum atomic E-state index is -0.242. The molecule has 2 aromatic rings. The molecular formula is C22H25NO3. The standard InChI is InChI=1S/C22H25NO3/c1-14-3-2-4-15(9-14)10-21(25)23-22(18-12-19(24)13-18)17-5-6-20-16(11-17)7-8-26-20/h2-6,9,11,18-19,22,24H,7-8,10,12-13H2,1H3,(H,23,25). The van der Waals surface area contributed by atoms with Crippen molar-refractivity contribution in [3.05, 3.63) is 64.7 Å². The van der Waals surface area contributed by atoms with Crippen LogP contribution in [0.5, 0.6) is 5.75 Å². The Balaban J connectivity index is 1.51. The van der Waals surface area contributed by atoms with Crippen molar-refractivity contribution in [1.82, 2.24) is 5.32 Å². The van der Waals surface area contributed by atoms with Crippen LogP contribution in [-0.4, -0.2) is 23.7 Å². The molecule has 2 aliphatic rings. The lowest BCUT2D eigenvalue weighted by Gasteiger charge is -2.38. The fourth-order valence-corrected chi connectivity index (χ4v) is 4.01. The zero-order valence-corrected chi connectivity index (χ0v) is 15.1. The van der Waals surface area contributed by atoms with Crippen LogP contribution in [0.2, 0.25) is 0 Å². The first-order valence-corrected chi connectivity index (χ1v) is 9.37. The minimum Gasteiger partial charge on any atom is -0.493 e. The van der Waals surface area contributed by atoms with Gasteiger partial charge >= 0.3 is 0 Å². The Kier molecular flexibility index (Phi) is 4.68. The van der Waals surface area contributed by atoms with Crippen molar-refractivity contribution in [1.29, 1.82) is 0 Å². The fourth-order valence-electron chi connectivity index (χ4n) is 4.01. The highest BCUT2D eigenvalue weighted by atomic mass is 16.5. The minimum absolute atomic E-state index is 0.0266. The summed E-state index contributed by atoms with van der Waals surface area (Å²) < 4.78 is 5.59. The Bertz CT molecular complexity index is 811. The third-order valence-corrected chi connectivity index (χ3v) is 5.46. The molecule has 0 aromatic heterocycles. The van der Waals surface area contributed by atoms with Gasteiger partial charge in [0.05, 0.1) is 25.2 Å². The van der Waals surface area contributed by atoms with E-state index in [1.165, 1.54) is 5.56 Å². The molecule has 0 bridgehead atoms. The van der Waals surface area contributed by atoms with Crippen molar-refractivity contribution < 1.29 is 14.6 Å². The van der Waals surface area contributed by atoms with Crippen molar-refractivity contribution in [2.45, 2.75) is 44.8 Å². The number of carbonyl (C=O) groups is 1. The highest BCUT2D eigenvalue weighted by Gasteiger charge is 2.36. The molecule has 1 saturated carbocycles. The number of benzene rings is 2. The van der Waals surface area contributed by atoms with Crippen molar-refractivity contribution in [2.24, 2.45) is 5.92 Å². The summed E-state index contributed by atoms with van der Waals surface area (Å²) in [4.78, 5) is 12.7. The quantitative estimate of drug-likeness (QED) is 0.870. The first-order chi connectivity index (χ1) is 12.6. The van der Waals surface area contributed by atoms with E-state index in [0.717, 1.165) is 48.3 Å². The SMILES string of the molecule is Cc1cccc(CC(=O)NC(c2ccc3c(c2)CCO3)C2CC(O)C2)c1. The van der Waals surface area contributed by atoms with Crippen molar-refractivity contribution >= 4 is 5.91 Å². The van der Waals surface area contributed by atoms with Gasteiger partial charge in [-0.3, -0.25) is 4.79 Å². The number of amides is 1. The number of nitrogens with one attached hydrogen (secondary N) is 1. The molecule has 136 valence electrons. The molecule has 0 saturated heterocycles. The van der Waals surface area contributed by atoms with Crippen LogP contribution in [0.3, 0.4) is 0 Å². The number of carbonyl (C=O) groups excluding carboxylic acids is 1. The molecule has 1 atom stereocenters. The zero-order chi connectivity index (χ0) is 18.1. The molecule has 1 aliphatic carbocycles. The molecule has 26 heavy (non-hydrogen) atoms. The molecule has 4 rings (SSSR count). The Labute approximate surface area is 154 Å². The van der Waals surface area contributed by atoms with Crippen LogP contribution in [0.15, 0.2) is 42.5 Å². The number of hydrogen-bond acceptors (Lipinski definition) is 3. The molecule has 2 aromatic carbocycles. The molecule has 1 aliphatic heterocycles. The van der Waals surface area contributed by atoms with Gasteiger partial charge in [-0.25, -0.2) is 0 Å². The zero-order valence-electron chi connectivity index (χ0n) is 15.1. The summed E-state index contributed by atoms with van der Waals surface area (Å²) in [6, 6.07) is 14.2. The van der Waals surface area contributed by atoms with Gasteiger partial charge in [0.15, 0.2) is 0 Å². The Morgan fingerprint density at radius 2 is 2.12 bits per heavy atom. The lowest BCUT2D eigenvalue weighted by Crippen LogP contribution is -2.41. The predicted molar refractivity (Wildman–Crippen MR) is 100 cm³/mol. The van der Waals surface area contributed by atoms with E-state index in [1.807, 2.05) is 37.3 Å². The van der Waals surface area contributed by atoms with E-state index >= 15 is 0 Å². The summed E-state index contributed by atoms with van der Waals surface area (Å²) in [5.74, 6) is 1.26. The van der Waals surface area contributed by atoms with Crippen molar-refractivity contribution in [3.63, 3.8) is 0 Å². The van der Waals surface area contributed by atoms with E-state index in [4.69, 9.17) is 4.74 Å². The smallest absolute Gasteiger partial charge is 0.224 e. The largest absolute Gasteiger partial charge is 0.493 e.